The van der Waals surface area contributed by atoms with E-state index in [2.05, 4.69) is 17.3 Å². The largest absolute Gasteiger partial charge is 0.354 e. The SMILES string of the molecule is CC(C)C(N)C(=O)NCC1CCN(C)CC1.Cl.Cl. The van der Waals surface area contributed by atoms with Crippen molar-refractivity contribution in [1.82, 2.24) is 10.2 Å². The van der Waals surface area contributed by atoms with Crippen molar-refractivity contribution in [3.63, 3.8) is 0 Å². The van der Waals surface area contributed by atoms with E-state index in [0.29, 0.717) is 5.92 Å². The molecule has 1 atom stereocenters. The first-order valence-electron chi connectivity index (χ1n) is 6.22. The number of nitrogens with one attached hydrogen (secondary N) is 1. The molecule has 0 spiro atoms. The summed E-state index contributed by atoms with van der Waals surface area (Å²) in [5.74, 6) is 0.825. The third kappa shape index (κ3) is 6.78. The van der Waals surface area contributed by atoms with Crippen LogP contribution in [0, 0.1) is 11.8 Å². The molecule has 0 aromatic rings. The van der Waals surface area contributed by atoms with Crippen LogP contribution >= 0.6 is 24.8 Å². The standard InChI is InChI=1S/C12H25N3O.2ClH/c1-9(2)11(13)12(16)14-8-10-4-6-15(3)7-5-10;;/h9-11H,4-8,13H2,1-3H3,(H,14,16);2*1H. The number of halogens is 2. The monoisotopic (exact) mass is 299 g/mol. The third-order valence-corrected chi connectivity index (χ3v) is 3.42. The number of hydrogen-bond acceptors (Lipinski definition) is 3. The Morgan fingerprint density at radius 2 is 1.83 bits per heavy atom. The zero-order valence-corrected chi connectivity index (χ0v) is 13.1. The number of nitrogens with zero attached hydrogens (tertiary/aromatic N) is 1. The number of amides is 1. The van der Waals surface area contributed by atoms with Gasteiger partial charge in [-0.05, 0) is 44.8 Å². The molecule has 1 aliphatic heterocycles. The topological polar surface area (TPSA) is 58.4 Å². The summed E-state index contributed by atoms with van der Waals surface area (Å²) in [5, 5.41) is 2.97. The number of rotatable bonds is 4. The Morgan fingerprint density at radius 1 is 1.33 bits per heavy atom. The van der Waals surface area contributed by atoms with Gasteiger partial charge in [0.2, 0.25) is 5.91 Å². The summed E-state index contributed by atoms with van der Waals surface area (Å²) in [5.41, 5.74) is 5.78. The van der Waals surface area contributed by atoms with Crippen LogP contribution in [0.25, 0.3) is 0 Å². The van der Waals surface area contributed by atoms with Crippen LogP contribution in [0.3, 0.4) is 0 Å². The smallest absolute Gasteiger partial charge is 0.237 e. The number of hydrogen-bond donors (Lipinski definition) is 2. The highest BCUT2D eigenvalue weighted by atomic mass is 35.5. The first-order valence-corrected chi connectivity index (χ1v) is 6.22. The average molecular weight is 300 g/mol. The maximum absolute atomic E-state index is 11.6. The zero-order chi connectivity index (χ0) is 12.1. The van der Waals surface area contributed by atoms with Crippen molar-refractivity contribution >= 4 is 30.7 Å². The van der Waals surface area contributed by atoms with Gasteiger partial charge < -0.3 is 16.0 Å². The number of nitrogens with two attached hydrogens (primary N) is 1. The molecule has 0 saturated carbocycles. The fourth-order valence-electron chi connectivity index (χ4n) is 1.93. The van der Waals surface area contributed by atoms with Gasteiger partial charge in [-0.3, -0.25) is 4.79 Å². The Labute approximate surface area is 123 Å². The zero-order valence-electron chi connectivity index (χ0n) is 11.5. The number of carbonyl (C=O) groups excluding carboxylic acids is 1. The molecular weight excluding hydrogens is 273 g/mol. The summed E-state index contributed by atoms with van der Waals surface area (Å²) in [7, 11) is 2.14. The lowest BCUT2D eigenvalue weighted by Gasteiger charge is -2.29. The second-order valence-electron chi connectivity index (χ2n) is 5.26. The first-order chi connectivity index (χ1) is 7.50. The Morgan fingerprint density at radius 3 is 2.28 bits per heavy atom. The van der Waals surface area contributed by atoms with E-state index in [1.807, 2.05) is 13.8 Å². The predicted molar refractivity (Wildman–Crippen MR) is 80.5 cm³/mol. The van der Waals surface area contributed by atoms with E-state index in [-0.39, 0.29) is 42.7 Å². The van der Waals surface area contributed by atoms with Gasteiger partial charge in [0.15, 0.2) is 0 Å². The molecule has 1 amide bonds. The van der Waals surface area contributed by atoms with Gasteiger partial charge >= 0.3 is 0 Å². The van der Waals surface area contributed by atoms with Crippen molar-refractivity contribution in [1.29, 1.82) is 0 Å². The van der Waals surface area contributed by atoms with Gasteiger partial charge in [-0.25, -0.2) is 0 Å². The molecule has 0 bridgehead atoms. The highest BCUT2D eigenvalue weighted by Gasteiger charge is 2.20. The highest BCUT2D eigenvalue weighted by Crippen LogP contribution is 2.14. The number of carbonyl (C=O) groups is 1. The van der Waals surface area contributed by atoms with Crippen molar-refractivity contribution in [2.75, 3.05) is 26.7 Å². The highest BCUT2D eigenvalue weighted by molar-refractivity contribution is 5.85. The molecule has 110 valence electrons. The van der Waals surface area contributed by atoms with Crippen LogP contribution in [0.2, 0.25) is 0 Å². The van der Waals surface area contributed by atoms with Crippen LogP contribution in [0.4, 0.5) is 0 Å². The van der Waals surface area contributed by atoms with Gasteiger partial charge in [0.1, 0.15) is 0 Å². The van der Waals surface area contributed by atoms with E-state index in [1.165, 1.54) is 12.8 Å². The van der Waals surface area contributed by atoms with Gasteiger partial charge in [-0.2, -0.15) is 0 Å². The molecule has 1 rings (SSSR count). The van der Waals surface area contributed by atoms with Crippen molar-refractivity contribution < 1.29 is 4.79 Å². The average Bonchev–Trinajstić information content (AvgIpc) is 2.26. The molecule has 18 heavy (non-hydrogen) atoms. The van der Waals surface area contributed by atoms with Crippen LogP contribution in [-0.4, -0.2) is 43.5 Å². The van der Waals surface area contributed by atoms with E-state index in [9.17, 15) is 4.79 Å². The van der Waals surface area contributed by atoms with Crippen LogP contribution in [0.5, 0.6) is 0 Å². The Kier molecular flexibility index (Phi) is 11.1. The van der Waals surface area contributed by atoms with Crippen molar-refractivity contribution in [3.05, 3.63) is 0 Å². The molecule has 6 heteroatoms. The molecule has 1 saturated heterocycles. The van der Waals surface area contributed by atoms with Gasteiger partial charge in [-0.15, -0.1) is 24.8 Å². The lowest BCUT2D eigenvalue weighted by Crippen LogP contribution is -2.46. The molecule has 0 aliphatic carbocycles. The quantitative estimate of drug-likeness (QED) is 0.822. The maximum atomic E-state index is 11.6. The fraction of sp³-hybridized carbons (Fsp3) is 0.917. The Bertz CT molecular complexity index is 231. The molecule has 1 unspecified atom stereocenters. The summed E-state index contributed by atoms with van der Waals surface area (Å²) in [6.45, 7) is 7.00. The Balaban J connectivity index is 0. The van der Waals surface area contributed by atoms with Gasteiger partial charge in [0.25, 0.3) is 0 Å². The summed E-state index contributed by atoms with van der Waals surface area (Å²) >= 11 is 0. The third-order valence-electron chi connectivity index (χ3n) is 3.42. The Hall–Kier alpha value is -0.0300. The molecule has 1 fully saturated rings. The molecule has 3 N–H and O–H groups in total. The van der Waals surface area contributed by atoms with E-state index in [4.69, 9.17) is 5.73 Å². The minimum Gasteiger partial charge on any atom is -0.354 e. The molecule has 1 heterocycles. The van der Waals surface area contributed by atoms with E-state index in [1.54, 1.807) is 0 Å². The fourth-order valence-corrected chi connectivity index (χ4v) is 1.93. The summed E-state index contributed by atoms with van der Waals surface area (Å²) in [4.78, 5) is 14.0. The van der Waals surface area contributed by atoms with Crippen molar-refractivity contribution in [2.45, 2.75) is 32.7 Å². The van der Waals surface area contributed by atoms with Gasteiger partial charge in [0.05, 0.1) is 6.04 Å². The maximum Gasteiger partial charge on any atom is 0.237 e. The van der Waals surface area contributed by atoms with Gasteiger partial charge in [0, 0.05) is 6.54 Å². The summed E-state index contributed by atoms with van der Waals surface area (Å²) in [6, 6.07) is -0.369. The molecule has 0 radical (unpaired) electrons. The van der Waals surface area contributed by atoms with Crippen LogP contribution in [0.15, 0.2) is 0 Å². The minimum absolute atomic E-state index is 0. The van der Waals surface area contributed by atoms with Crippen molar-refractivity contribution in [2.24, 2.45) is 17.6 Å². The molecular formula is C12H27Cl2N3O. The number of likely N-dealkylation sites (tertiary alicyclic amines) is 1. The van der Waals surface area contributed by atoms with E-state index in [0.717, 1.165) is 19.6 Å². The number of piperidine rings is 1. The lowest BCUT2D eigenvalue weighted by molar-refractivity contribution is -0.123. The van der Waals surface area contributed by atoms with Crippen LogP contribution in [-0.2, 0) is 4.79 Å². The lowest BCUT2D eigenvalue weighted by atomic mass is 9.96. The van der Waals surface area contributed by atoms with Crippen LogP contribution < -0.4 is 11.1 Å². The summed E-state index contributed by atoms with van der Waals surface area (Å²) < 4.78 is 0. The van der Waals surface area contributed by atoms with E-state index >= 15 is 0 Å². The van der Waals surface area contributed by atoms with Crippen LogP contribution in [0.1, 0.15) is 26.7 Å². The second-order valence-corrected chi connectivity index (χ2v) is 5.26. The molecule has 1 aliphatic rings. The molecule has 4 nitrogen and oxygen atoms in total. The van der Waals surface area contributed by atoms with E-state index < -0.39 is 0 Å². The van der Waals surface area contributed by atoms with Gasteiger partial charge in [-0.1, -0.05) is 13.8 Å². The second kappa shape index (κ2) is 9.84. The molecule has 0 aromatic carbocycles. The predicted octanol–water partition coefficient (Wildman–Crippen LogP) is 1.27. The first kappa shape index (κ1) is 20.3. The molecule has 0 aromatic heterocycles. The minimum atomic E-state index is -0.369. The summed E-state index contributed by atoms with van der Waals surface area (Å²) in [6.07, 6.45) is 2.35. The van der Waals surface area contributed by atoms with Crippen molar-refractivity contribution in [3.8, 4) is 0 Å². The normalized spacial score (nSPS) is 18.7.